The van der Waals surface area contributed by atoms with Crippen LogP contribution in [0.5, 0.6) is 5.75 Å². The average Bonchev–Trinajstić information content (AvgIpc) is 3.31. The van der Waals surface area contributed by atoms with Crippen LogP contribution >= 0.6 is 0 Å². The number of benzene rings is 2. The van der Waals surface area contributed by atoms with Crippen molar-refractivity contribution in [3.05, 3.63) is 78.6 Å². The molecule has 3 aromatic rings. The van der Waals surface area contributed by atoms with E-state index in [-0.39, 0.29) is 6.10 Å². The van der Waals surface area contributed by atoms with E-state index in [1.807, 2.05) is 54.3 Å². The average molecular weight is 390 g/mol. The molecule has 0 bridgehead atoms. The fourth-order valence-corrected chi connectivity index (χ4v) is 3.58. The van der Waals surface area contributed by atoms with Gasteiger partial charge in [0.15, 0.2) is 5.96 Å². The topological polar surface area (TPSA) is 54.7 Å². The van der Waals surface area contributed by atoms with Crippen molar-refractivity contribution >= 4 is 5.96 Å². The molecule has 0 saturated carbocycles. The molecule has 1 aliphatic rings. The molecule has 4 rings (SSSR count). The Balaban J connectivity index is 1.27. The monoisotopic (exact) mass is 389 g/mol. The normalized spacial score (nSPS) is 15.3. The van der Waals surface area contributed by atoms with Crippen LogP contribution in [0.15, 0.2) is 78.0 Å². The minimum atomic E-state index is 0.265. The van der Waals surface area contributed by atoms with Crippen molar-refractivity contribution in [3.63, 3.8) is 0 Å². The van der Waals surface area contributed by atoms with Gasteiger partial charge in [0.2, 0.25) is 0 Å². The molecule has 1 aromatic heterocycles. The first-order valence-electron chi connectivity index (χ1n) is 10.1. The van der Waals surface area contributed by atoms with Crippen LogP contribution in [0.2, 0.25) is 0 Å². The van der Waals surface area contributed by atoms with Gasteiger partial charge in [0.25, 0.3) is 0 Å². The van der Waals surface area contributed by atoms with E-state index in [0.29, 0.717) is 0 Å². The minimum absolute atomic E-state index is 0.265. The summed E-state index contributed by atoms with van der Waals surface area (Å²) in [6.45, 7) is 2.62. The molecule has 6 heteroatoms. The van der Waals surface area contributed by atoms with Gasteiger partial charge in [0, 0.05) is 51.9 Å². The van der Waals surface area contributed by atoms with Gasteiger partial charge in [-0.15, -0.1) is 0 Å². The van der Waals surface area contributed by atoms with Crippen molar-refractivity contribution in [1.82, 2.24) is 20.0 Å². The van der Waals surface area contributed by atoms with Crippen LogP contribution in [0.25, 0.3) is 5.69 Å². The van der Waals surface area contributed by atoms with E-state index in [1.165, 1.54) is 5.56 Å². The highest BCUT2D eigenvalue weighted by molar-refractivity contribution is 5.80. The Morgan fingerprint density at radius 1 is 1.07 bits per heavy atom. The number of hydrogen-bond acceptors (Lipinski definition) is 3. The summed E-state index contributed by atoms with van der Waals surface area (Å²) in [6, 6.07) is 20.4. The number of para-hydroxylation sites is 1. The first-order chi connectivity index (χ1) is 14.3. The second-order valence-electron chi connectivity index (χ2n) is 7.14. The van der Waals surface area contributed by atoms with Crippen molar-refractivity contribution in [1.29, 1.82) is 0 Å². The van der Waals surface area contributed by atoms with Crippen LogP contribution in [0.3, 0.4) is 0 Å². The smallest absolute Gasteiger partial charge is 0.193 e. The minimum Gasteiger partial charge on any atom is -0.490 e. The molecule has 0 amide bonds. The third-order valence-corrected chi connectivity index (χ3v) is 5.16. The van der Waals surface area contributed by atoms with Gasteiger partial charge in [-0.3, -0.25) is 4.99 Å². The van der Waals surface area contributed by atoms with Crippen LogP contribution in [0, 0.1) is 0 Å². The molecular weight excluding hydrogens is 362 g/mol. The Hall–Kier alpha value is -3.28. The lowest BCUT2D eigenvalue weighted by atomic mass is 10.1. The maximum atomic E-state index is 6.09. The zero-order valence-corrected chi connectivity index (χ0v) is 16.7. The van der Waals surface area contributed by atoms with Crippen molar-refractivity contribution < 1.29 is 4.74 Å². The molecule has 2 aromatic carbocycles. The van der Waals surface area contributed by atoms with E-state index in [9.17, 15) is 0 Å². The lowest BCUT2D eigenvalue weighted by Crippen LogP contribution is -2.47. The molecule has 0 unspecified atom stereocenters. The van der Waals surface area contributed by atoms with Gasteiger partial charge in [-0.1, -0.05) is 30.3 Å². The summed E-state index contributed by atoms with van der Waals surface area (Å²) in [6.07, 6.45) is 5.98. The Labute approximate surface area is 171 Å². The van der Waals surface area contributed by atoms with E-state index >= 15 is 0 Å². The van der Waals surface area contributed by atoms with Gasteiger partial charge in [0.05, 0.1) is 5.69 Å². The molecule has 29 heavy (non-hydrogen) atoms. The van der Waals surface area contributed by atoms with Crippen molar-refractivity contribution in [2.24, 2.45) is 4.99 Å². The molecule has 0 aliphatic carbocycles. The van der Waals surface area contributed by atoms with Gasteiger partial charge < -0.3 is 15.0 Å². The molecule has 0 spiro atoms. The van der Waals surface area contributed by atoms with E-state index in [4.69, 9.17) is 4.74 Å². The largest absolute Gasteiger partial charge is 0.490 e. The van der Waals surface area contributed by atoms with Gasteiger partial charge >= 0.3 is 0 Å². The zero-order chi connectivity index (χ0) is 19.9. The quantitative estimate of drug-likeness (QED) is 0.536. The number of hydrogen-bond donors (Lipinski definition) is 1. The number of aliphatic imine (C=N–C) groups is 1. The molecule has 1 N–H and O–H groups in total. The molecule has 1 aliphatic heterocycles. The van der Waals surface area contributed by atoms with Crippen LogP contribution < -0.4 is 10.1 Å². The van der Waals surface area contributed by atoms with Gasteiger partial charge in [0.1, 0.15) is 11.9 Å². The third kappa shape index (κ3) is 4.96. The highest BCUT2D eigenvalue weighted by atomic mass is 16.5. The summed E-state index contributed by atoms with van der Waals surface area (Å²) in [4.78, 5) is 6.78. The van der Waals surface area contributed by atoms with E-state index in [1.54, 1.807) is 6.20 Å². The Morgan fingerprint density at radius 3 is 2.48 bits per heavy atom. The first-order valence-corrected chi connectivity index (χ1v) is 10.1. The predicted octanol–water partition coefficient (Wildman–Crippen LogP) is 3.49. The number of nitrogens with one attached hydrogen (secondary N) is 1. The molecule has 0 atom stereocenters. The number of ether oxygens (including phenoxy) is 1. The fraction of sp³-hybridized carbons (Fsp3) is 0.304. The number of piperidine rings is 1. The van der Waals surface area contributed by atoms with Crippen molar-refractivity contribution in [3.8, 4) is 11.4 Å². The number of rotatable bonds is 5. The van der Waals surface area contributed by atoms with Crippen molar-refractivity contribution in [2.75, 3.05) is 20.1 Å². The summed E-state index contributed by atoms with van der Waals surface area (Å²) < 4.78 is 7.95. The van der Waals surface area contributed by atoms with E-state index < -0.39 is 0 Å². The summed E-state index contributed by atoms with van der Waals surface area (Å²) in [5, 5.41) is 7.75. The molecule has 0 radical (unpaired) electrons. The standard InChI is InChI=1S/C23H27N5O/c1-24-23(25-18-19-8-10-20(11-9-19)28-15-5-14-26-28)27-16-12-22(13-17-27)29-21-6-3-2-4-7-21/h2-11,14-15,22H,12-13,16-18H2,1H3,(H,24,25). The summed E-state index contributed by atoms with van der Waals surface area (Å²) in [5.74, 6) is 1.89. The van der Waals surface area contributed by atoms with Crippen LogP contribution in [-0.2, 0) is 6.54 Å². The number of aromatic nitrogens is 2. The predicted molar refractivity (Wildman–Crippen MR) is 115 cm³/mol. The summed E-state index contributed by atoms with van der Waals surface area (Å²) in [5.41, 5.74) is 2.27. The SMILES string of the molecule is CN=C(NCc1ccc(-n2cccn2)cc1)N1CCC(Oc2ccccc2)CC1. The summed E-state index contributed by atoms with van der Waals surface area (Å²) >= 11 is 0. The number of guanidine groups is 1. The fourth-order valence-electron chi connectivity index (χ4n) is 3.58. The maximum absolute atomic E-state index is 6.09. The van der Waals surface area contributed by atoms with Crippen LogP contribution in [-0.4, -0.2) is 46.9 Å². The van der Waals surface area contributed by atoms with Crippen LogP contribution in [0.1, 0.15) is 18.4 Å². The van der Waals surface area contributed by atoms with Crippen LogP contribution in [0.4, 0.5) is 0 Å². The Morgan fingerprint density at radius 2 is 1.83 bits per heavy atom. The van der Waals surface area contributed by atoms with Gasteiger partial charge in [-0.05, 0) is 35.9 Å². The van der Waals surface area contributed by atoms with Crippen molar-refractivity contribution in [2.45, 2.75) is 25.5 Å². The maximum Gasteiger partial charge on any atom is 0.193 e. The zero-order valence-electron chi connectivity index (χ0n) is 16.7. The second kappa shape index (κ2) is 9.28. The number of nitrogens with zero attached hydrogens (tertiary/aromatic N) is 4. The number of likely N-dealkylation sites (tertiary alicyclic amines) is 1. The lowest BCUT2D eigenvalue weighted by Gasteiger charge is -2.34. The molecule has 2 heterocycles. The lowest BCUT2D eigenvalue weighted by molar-refractivity contribution is 0.129. The highest BCUT2D eigenvalue weighted by Gasteiger charge is 2.22. The van der Waals surface area contributed by atoms with E-state index in [2.05, 4.69) is 44.6 Å². The molecular formula is C23H27N5O. The molecule has 6 nitrogen and oxygen atoms in total. The van der Waals surface area contributed by atoms with E-state index in [0.717, 1.165) is 49.9 Å². The second-order valence-corrected chi connectivity index (χ2v) is 7.14. The van der Waals surface area contributed by atoms with Gasteiger partial charge in [-0.2, -0.15) is 5.10 Å². The summed E-state index contributed by atoms with van der Waals surface area (Å²) in [7, 11) is 1.84. The highest BCUT2D eigenvalue weighted by Crippen LogP contribution is 2.18. The first kappa shape index (κ1) is 19.1. The van der Waals surface area contributed by atoms with Gasteiger partial charge in [-0.25, -0.2) is 4.68 Å². The Kier molecular flexibility index (Phi) is 6.10. The third-order valence-electron chi connectivity index (χ3n) is 5.16. The molecule has 150 valence electrons. The molecule has 1 fully saturated rings. The Bertz CT molecular complexity index is 898. The molecule has 1 saturated heterocycles.